The van der Waals surface area contributed by atoms with Gasteiger partial charge < -0.3 is 0 Å². The Kier molecular flexibility index (Phi) is 2.04. The van der Waals surface area contributed by atoms with Gasteiger partial charge in [-0.05, 0) is 12.5 Å². The van der Waals surface area contributed by atoms with Crippen molar-refractivity contribution in [1.29, 1.82) is 0 Å². The van der Waals surface area contributed by atoms with Gasteiger partial charge in [-0.3, -0.25) is 4.57 Å². The molecule has 0 aromatic carbocycles. The number of imidazole rings is 1. The first-order valence-electron chi connectivity index (χ1n) is 4.20. The van der Waals surface area contributed by atoms with E-state index < -0.39 is 0 Å². The largest absolute Gasteiger partial charge is 0.274 e. The van der Waals surface area contributed by atoms with Crippen LogP contribution >= 0.6 is 0 Å². The highest BCUT2D eigenvalue weighted by molar-refractivity contribution is 5.13. The maximum Gasteiger partial charge on any atom is 0.235 e. The number of hydrogen-bond donors (Lipinski definition) is 0. The van der Waals surface area contributed by atoms with E-state index in [1.54, 1.807) is 23.3 Å². The summed E-state index contributed by atoms with van der Waals surface area (Å²) < 4.78 is 1.79. The molecule has 4 heteroatoms. The Labute approximate surface area is 76.3 Å². The van der Waals surface area contributed by atoms with Crippen molar-refractivity contribution in [3.63, 3.8) is 0 Å². The maximum absolute atomic E-state index is 4.35. The fourth-order valence-electron chi connectivity index (χ4n) is 1.08. The lowest BCUT2D eigenvalue weighted by Gasteiger charge is -2.00. The molecule has 0 aliphatic rings. The van der Waals surface area contributed by atoms with Crippen molar-refractivity contribution in [3.8, 4) is 5.95 Å². The molecule has 0 spiro atoms. The van der Waals surface area contributed by atoms with Crippen LogP contribution in [0, 0.1) is 0 Å². The van der Waals surface area contributed by atoms with Crippen LogP contribution in [0.15, 0.2) is 31.0 Å². The zero-order chi connectivity index (χ0) is 9.10. The minimum Gasteiger partial charge on any atom is -0.274 e. The SMILES string of the molecule is CCc1ccnc(-n2ccnc2)n1. The van der Waals surface area contributed by atoms with Gasteiger partial charge in [-0.1, -0.05) is 6.92 Å². The molecule has 2 aromatic heterocycles. The van der Waals surface area contributed by atoms with Gasteiger partial charge >= 0.3 is 0 Å². The Bertz CT molecular complexity index is 380. The van der Waals surface area contributed by atoms with Gasteiger partial charge in [-0.25, -0.2) is 15.0 Å². The highest BCUT2D eigenvalue weighted by Crippen LogP contribution is 2.01. The van der Waals surface area contributed by atoms with Crippen LogP contribution in [0.25, 0.3) is 5.95 Å². The minimum absolute atomic E-state index is 0.678. The van der Waals surface area contributed by atoms with Crippen molar-refractivity contribution in [1.82, 2.24) is 19.5 Å². The number of nitrogens with zero attached hydrogens (tertiary/aromatic N) is 4. The summed E-state index contributed by atoms with van der Waals surface area (Å²) >= 11 is 0. The predicted octanol–water partition coefficient (Wildman–Crippen LogP) is 1.22. The van der Waals surface area contributed by atoms with Crippen molar-refractivity contribution >= 4 is 0 Å². The topological polar surface area (TPSA) is 43.6 Å². The van der Waals surface area contributed by atoms with Crippen LogP contribution in [0.3, 0.4) is 0 Å². The van der Waals surface area contributed by atoms with Gasteiger partial charge in [-0.2, -0.15) is 0 Å². The van der Waals surface area contributed by atoms with Gasteiger partial charge in [0.1, 0.15) is 6.33 Å². The second-order valence-corrected chi connectivity index (χ2v) is 2.67. The van der Waals surface area contributed by atoms with Crippen molar-refractivity contribution in [3.05, 3.63) is 36.7 Å². The van der Waals surface area contributed by atoms with E-state index in [0.29, 0.717) is 5.95 Å². The first-order valence-corrected chi connectivity index (χ1v) is 4.20. The molecule has 0 saturated heterocycles. The third-order valence-electron chi connectivity index (χ3n) is 1.80. The van der Waals surface area contributed by atoms with Gasteiger partial charge in [0, 0.05) is 24.3 Å². The fourth-order valence-corrected chi connectivity index (χ4v) is 1.08. The van der Waals surface area contributed by atoms with Crippen LogP contribution in [0.2, 0.25) is 0 Å². The third kappa shape index (κ3) is 1.56. The van der Waals surface area contributed by atoms with Crippen LogP contribution in [0.4, 0.5) is 0 Å². The first kappa shape index (κ1) is 7.91. The standard InChI is InChI=1S/C9H10N4/c1-2-8-3-4-11-9(12-8)13-6-5-10-7-13/h3-7H,2H2,1H3. The normalized spacial score (nSPS) is 10.2. The number of aryl methyl sites for hydroxylation is 1. The molecule has 0 saturated carbocycles. The summed E-state index contributed by atoms with van der Waals surface area (Å²) in [6.45, 7) is 2.07. The number of rotatable bonds is 2. The van der Waals surface area contributed by atoms with Crippen molar-refractivity contribution < 1.29 is 0 Å². The molecule has 2 aromatic rings. The Morgan fingerprint density at radius 3 is 3.00 bits per heavy atom. The molecule has 0 atom stereocenters. The Balaban J connectivity index is 2.41. The van der Waals surface area contributed by atoms with Gasteiger partial charge in [0.15, 0.2) is 0 Å². The lowest BCUT2D eigenvalue weighted by atomic mass is 10.3. The highest BCUT2D eigenvalue weighted by atomic mass is 15.2. The summed E-state index contributed by atoms with van der Waals surface area (Å²) in [5.74, 6) is 0.678. The second-order valence-electron chi connectivity index (χ2n) is 2.67. The quantitative estimate of drug-likeness (QED) is 0.687. The summed E-state index contributed by atoms with van der Waals surface area (Å²) in [7, 11) is 0. The molecule has 0 bridgehead atoms. The van der Waals surface area contributed by atoms with Gasteiger partial charge in [0.2, 0.25) is 5.95 Å². The highest BCUT2D eigenvalue weighted by Gasteiger charge is 1.98. The predicted molar refractivity (Wildman–Crippen MR) is 48.5 cm³/mol. The third-order valence-corrected chi connectivity index (χ3v) is 1.80. The van der Waals surface area contributed by atoms with Crippen LogP contribution in [0.1, 0.15) is 12.6 Å². The smallest absolute Gasteiger partial charge is 0.235 e. The maximum atomic E-state index is 4.35. The van der Waals surface area contributed by atoms with Gasteiger partial charge in [0.05, 0.1) is 0 Å². The summed E-state index contributed by atoms with van der Waals surface area (Å²) in [5.41, 5.74) is 1.04. The Hall–Kier alpha value is -1.71. The van der Waals surface area contributed by atoms with Crippen LogP contribution < -0.4 is 0 Å². The van der Waals surface area contributed by atoms with Crippen molar-refractivity contribution in [2.45, 2.75) is 13.3 Å². The van der Waals surface area contributed by atoms with Crippen molar-refractivity contribution in [2.24, 2.45) is 0 Å². The lowest BCUT2D eigenvalue weighted by Crippen LogP contribution is -2.00. The average molecular weight is 174 g/mol. The molecule has 0 unspecified atom stereocenters. The van der Waals surface area contributed by atoms with E-state index in [9.17, 15) is 0 Å². The zero-order valence-electron chi connectivity index (χ0n) is 7.38. The summed E-state index contributed by atoms with van der Waals surface area (Å²) in [4.78, 5) is 12.4. The van der Waals surface area contributed by atoms with E-state index >= 15 is 0 Å². The molecule has 0 fully saturated rings. The van der Waals surface area contributed by atoms with Crippen LogP contribution in [-0.4, -0.2) is 19.5 Å². The van der Waals surface area contributed by atoms with E-state index in [1.165, 1.54) is 0 Å². The first-order chi connectivity index (χ1) is 6.40. The molecule has 13 heavy (non-hydrogen) atoms. The molecule has 0 aliphatic heterocycles. The molecule has 4 nitrogen and oxygen atoms in total. The van der Waals surface area contributed by atoms with Gasteiger partial charge in [-0.15, -0.1) is 0 Å². The molecule has 0 amide bonds. The monoisotopic (exact) mass is 174 g/mol. The summed E-state index contributed by atoms with van der Waals surface area (Å²) in [5, 5.41) is 0. The lowest BCUT2D eigenvalue weighted by molar-refractivity contribution is 0.886. The molecule has 2 heterocycles. The summed E-state index contributed by atoms with van der Waals surface area (Å²) in [6.07, 6.45) is 7.91. The Morgan fingerprint density at radius 2 is 2.31 bits per heavy atom. The van der Waals surface area contributed by atoms with E-state index in [2.05, 4.69) is 21.9 Å². The molecular weight excluding hydrogens is 164 g/mol. The van der Waals surface area contributed by atoms with E-state index in [1.807, 2.05) is 12.3 Å². The molecule has 0 aliphatic carbocycles. The molecule has 0 radical (unpaired) electrons. The molecule has 0 N–H and O–H groups in total. The zero-order valence-corrected chi connectivity index (χ0v) is 7.38. The van der Waals surface area contributed by atoms with Crippen LogP contribution in [-0.2, 0) is 6.42 Å². The van der Waals surface area contributed by atoms with E-state index in [-0.39, 0.29) is 0 Å². The minimum atomic E-state index is 0.678. The van der Waals surface area contributed by atoms with E-state index in [4.69, 9.17) is 0 Å². The van der Waals surface area contributed by atoms with E-state index in [0.717, 1.165) is 12.1 Å². The van der Waals surface area contributed by atoms with Crippen LogP contribution in [0.5, 0.6) is 0 Å². The number of hydrogen-bond acceptors (Lipinski definition) is 3. The molecule has 66 valence electrons. The molecule has 2 rings (SSSR count). The Morgan fingerprint density at radius 1 is 1.38 bits per heavy atom. The average Bonchev–Trinajstić information content (AvgIpc) is 2.71. The van der Waals surface area contributed by atoms with Crippen molar-refractivity contribution in [2.75, 3.05) is 0 Å². The second kappa shape index (κ2) is 3.35. The fraction of sp³-hybridized carbons (Fsp3) is 0.222. The molecular formula is C9H10N4. The number of aromatic nitrogens is 4. The summed E-state index contributed by atoms with van der Waals surface area (Å²) in [6, 6.07) is 1.92. The van der Waals surface area contributed by atoms with Gasteiger partial charge in [0.25, 0.3) is 0 Å².